The maximum atomic E-state index is 11.8. The minimum absolute atomic E-state index is 0.169. The van der Waals surface area contributed by atoms with Gasteiger partial charge in [0.15, 0.2) is 0 Å². The summed E-state index contributed by atoms with van der Waals surface area (Å²) in [6.45, 7) is 4.99. The highest BCUT2D eigenvalue weighted by Gasteiger charge is 2.28. The fourth-order valence-electron chi connectivity index (χ4n) is 2.36. The molecule has 0 saturated heterocycles. The molecule has 112 valence electrons. The second-order valence-electron chi connectivity index (χ2n) is 5.36. The van der Waals surface area contributed by atoms with Crippen molar-refractivity contribution in [2.24, 2.45) is 0 Å². The summed E-state index contributed by atoms with van der Waals surface area (Å²) in [5.41, 5.74) is 2.35. The Hall–Kier alpha value is -1.36. The smallest absolute Gasteiger partial charge is 0.322 e. The fraction of sp³-hybridized carbons (Fsp3) is 0.733. The average molecular weight is 279 g/mol. The van der Waals surface area contributed by atoms with Crippen LogP contribution in [0.4, 0.5) is 0 Å². The van der Waals surface area contributed by atoms with Gasteiger partial charge in [-0.25, -0.2) is 0 Å². The predicted molar refractivity (Wildman–Crippen MR) is 77.6 cm³/mol. The van der Waals surface area contributed by atoms with Gasteiger partial charge in [0, 0.05) is 18.3 Å². The van der Waals surface area contributed by atoms with E-state index in [9.17, 15) is 4.79 Å². The lowest BCUT2D eigenvalue weighted by molar-refractivity contribution is -0.143. The van der Waals surface area contributed by atoms with Crippen molar-refractivity contribution in [2.75, 3.05) is 7.11 Å². The van der Waals surface area contributed by atoms with E-state index < -0.39 is 0 Å². The van der Waals surface area contributed by atoms with Gasteiger partial charge in [0.1, 0.15) is 6.04 Å². The van der Waals surface area contributed by atoms with Crippen LogP contribution in [0, 0.1) is 0 Å². The molecule has 1 heterocycles. The van der Waals surface area contributed by atoms with Gasteiger partial charge in [-0.2, -0.15) is 5.10 Å². The Morgan fingerprint density at radius 2 is 2.25 bits per heavy atom. The first kappa shape index (κ1) is 15.0. The van der Waals surface area contributed by atoms with Crippen LogP contribution in [0.25, 0.3) is 0 Å². The van der Waals surface area contributed by atoms with Crippen LogP contribution in [0.2, 0.25) is 0 Å². The molecule has 1 aromatic heterocycles. The molecule has 1 aliphatic carbocycles. The van der Waals surface area contributed by atoms with E-state index in [-0.39, 0.29) is 12.0 Å². The number of hydrogen-bond acceptors (Lipinski definition) is 4. The molecule has 0 aliphatic heterocycles. The van der Waals surface area contributed by atoms with Crippen LogP contribution >= 0.6 is 0 Å². The highest BCUT2D eigenvalue weighted by atomic mass is 16.5. The normalized spacial score (nSPS) is 16.1. The Bertz CT molecular complexity index is 452. The molecule has 1 fully saturated rings. The van der Waals surface area contributed by atoms with Gasteiger partial charge in [-0.05, 0) is 38.2 Å². The van der Waals surface area contributed by atoms with Crippen LogP contribution < -0.4 is 5.32 Å². The Balaban J connectivity index is 1.96. The average Bonchev–Trinajstić information content (AvgIpc) is 3.20. The zero-order valence-corrected chi connectivity index (χ0v) is 12.7. The molecule has 1 aromatic rings. The molecule has 1 saturated carbocycles. The number of carbonyl (C=O) groups is 1. The van der Waals surface area contributed by atoms with Gasteiger partial charge < -0.3 is 10.1 Å². The summed E-state index contributed by atoms with van der Waals surface area (Å²) in [6.07, 6.45) is 4.96. The zero-order chi connectivity index (χ0) is 14.5. The van der Waals surface area contributed by atoms with E-state index in [2.05, 4.69) is 30.3 Å². The van der Waals surface area contributed by atoms with Gasteiger partial charge in [-0.15, -0.1) is 0 Å². The van der Waals surface area contributed by atoms with Crippen LogP contribution in [0.1, 0.15) is 44.5 Å². The second kappa shape index (κ2) is 6.88. The first-order chi connectivity index (χ1) is 9.67. The summed E-state index contributed by atoms with van der Waals surface area (Å²) >= 11 is 0. The van der Waals surface area contributed by atoms with Gasteiger partial charge in [0.25, 0.3) is 0 Å². The fourth-order valence-corrected chi connectivity index (χ4v) is 2.36. The number of aryl methyl sites for hydroxylation is 3. The Kier molecular flexibility index (Phi) is 5.17. The number of nitrogens with one attached hydrogen (secondary N) is 1. The molecule has 0 bridgehead atoms. The minimum atomic E-state index is -0.216. The minimum Gasteiger partial charge on any atom is -0.468 e. The third kappa shape index (κ3) is 3.82. The third-order valence-electron chi connectivity index (χ3n) is 3.77. The number of ether oxygens (including phenoxy) is 1. The van der Waals surface area contributed by atoms with Gasteiger partial charge >= 0.3 is 5.97 Å². The molecule has 0 amide bonds. The summed E-state index contributed by atoms with van der Waals surface area (Å²) in [6, 6.07) is 2.43. The van der Waals surface area contributed by atoms with Gasteiger partial charge in [0.2, 0.25) is 0 Å². The van der Waals surface area contributed by atoms with Gasteiger partial charge in [-0.3, -0.25) is 9.48 Å². The molecule has 0 aromatic carbocycles. The number of esters is 1. The highest BCUT2D eigenvalue weighted by molar-refractivity contribution is 5.75. The van der Waals surface area contributed by atoms with E-state index >= 15 is 0 Å². The number of rotatable bonds is 8. The van der Waals surface area contributed by atoms with Crippen molar-refractivity contribution in [1.82, 2.24) is 15.1 Å². The van der Waals surface area contributed by atoms with Crippen molar-refractivity contribution < 1.29 is 9.53 Å². The van der Waals surface area contributed by atoms with E-state index in [1.165, 1.54) is 12.8 Å². The van der Waals surface area contributed by atoms with Crippen LogP contribution in [0.5, 0.6) is 0 Å². The molecule has 1 atom stereocenters. The van der Waals surface area contributed by atoms with Gasteiger partial charge in [0.05, 0.1) is 12.8 Å². The molecule has 0 spiro atoms. The first-order valence-electron chi connectivity index (χ1n) is 7.57. The lowest BCUT2D eigenvalue weighted by Gasteiger charge is -2.16. The molecule has 1 aliphatic rings. The molecule has 1 N–H and O–H groups in total. The molecule has 1 unspecified atom stereocenters. The van der Waals surface area contributed by atoms with Crippen molar-refractivity contribution in [2.45, 2.75) is 64.6 Å². The zero-order valence-electron chi connectivity index (χ0n) is 12.7. The third-order valence-corrected chi connectivity index (χ3v) is 3.77. The maximum Gasteiger partial charge on any atom is 0.322 e. The van der Waals surface area contributed by atoms with Crippen molar-refractivity contribution in [1.29, 1.82) is 0 Å². The molecule has 0 radical (unpaired) electrons. The second-order valence-corrected chi connectivity index (χ2v) is 5.36. The molecular weight excluding hydrogens is 254 g/mol. The monoisotopic (exact) mass is 279 g/mol. The topological polar surface area (TPSA) is 56.2 Å². The summed E-state index contributed by atoms with van der Waals surface area (Å²) in [4.78, 5) is 11.8. The number of methoxy groups -OCH3 is 1. The number of hydrogen-bond donors (Lipinski definition) is 1. The van der Waals surface area contributed by atoms with Crippen molar-refractivity contribution >= 4 is 5.97 Å². The molecule has 20 heavy (non-hydrogen) atoms. The molecular formula is C15H25N3O2. The Morgan fingerprint density at radius 1 is 1.50 bits per heavy atom. The molecule has 5 nitrogen and oxygen atoms in total. The summed E-state index contributed by atoms with van der Waals surface area (Å²) in [5, 5.41) is 7.94. The van der Waals surface area contributed by atoms with E-state index in [0.717, 1.165) is 44.3 Å². The lowest BCUT2D eigenvalue weighted by atomic mass is 10.2. The van der Waals surface area contributed by atoms with Crippen LogP contribution in [-0.4, -0.2) is 34.9 Å². The Morgan fingerprint density at radius 3 is 2.80 bits per heavy atom. The first-order valence-corrected chi connectivity index (χ1v) is 7.57. The highest BCUT2D eigenvalue weighted by Crippen LogP contribution is 2.20. The number of nitrogens with zero attached hydrogens (tertiary/aromatic N) is 2. The van der Waals surface area contributed by atoms with E-state index in [1.54, 1.807) is 0 Å². The molecule has 2 rings (SSSR count). The summed E-state index contributed by atoms with van der Waals surface area (Å²) < 4.78 is 6.91. The summed E-state index contributed by atoms with van der Waals surface area (Å²) in [5.74, 6) is -0.169. The predicted octanol–water partition coefficient (Wildman–Crippen LogP) is 1.69. The van der Waals surface area contributed by atoms with Crippen molar-refractivity contribution in [3.8, 4) is 0 Å². The summed E-state index contributed by atoms with van der Waals surface area (Å²) in [7, 11) is 1.45. The van der Waals surface area contributed by atoms with E-state index in [4.69, 9.17) is 4.74 Å². The van der Waals surface area contributed by atoms with Crippen molar-refractivity contribution in [3.63, 3.8) is 0 Å². The van der Waals surface area contributed by atoms with Crippen LogP contribution in [-0.2, 0) is 28.9 Å². The standard InChI is InChI=1S/C15H25N3O2/c1-4-11-10-13(5-2)18(17-11)9-8-14(15(19)20-3)16-12-6-7-12/h10,12,14,16H,4-9H2,1-3H3. The number of aromatic nitrogens is 2. The van der Waals surface area contributed by atoms with E-state index in [0.29, 0.717) is 6.04 Å². The molecule has 5 heteroatoms. The largest absolute Gasteiger partial charge is 0.468 e. The van der Waals surface area contributed by atoms with E-state index in [1.807, 2.05) is 4.68 Å². The SMILES string of the molecule is CCc1cc(CC)n(CCC(NC2CC2)C(=O)OC)n1. The number of carbonyl (C=O) groups excluding carboxylic acids is 1. The Labute approximate surface area is 120 Å². The van der Waals surface area contributed by atoms with Gasteiger partial charge in [-0.1, -0.05) is 13.8 Å². The quantitative estimate of drug-likeness (QED) is 0.736. The van der Waals surface area contributed by atoms with Crippen LogP contribution in [0.3, 0.4) is 0 Å². The maximum absolute atomic E-state index is 11.8. The van der Waals surface area contributed by atoms with Crippen molar-refractivity contribution in [3.05, 3.63) is 17.5 Å². The van der Waals surface area contributed by atoms with Crippen LogP contribution in [0.15, 0.2) is 6.07 Å². The lowest BCUT2D eigenvalue weighted by Crippen LogP contribution is -2.39.